The Morgan fingerprint density at radius 1 is 1.25 bits per heavy atom. The van der Waals surface area contributed by atoms with Gasteiger partial charge in [-0.1, -0.05) is 15.9 Å². The molecular weight excluding hydrogens is 378 g/mol. The molecule has 0 aliphatic heterocycles. The molecule has 0 aromatic heterocycles. The molecule has 0 unspecified atom stereocenters. The first-order valence-corrected chi connectivity index (χ1v) is 8.46. The van der Waals surface area contributed by atoms with E-state index in [2.05, 4.69) is 15.9 Å². The minimum atomic E-state index is -0.906. The van der Waals surface area contributed by atoms with E-state index in [0.29, 0.717) is 11.4 Å². The van der Waals surface area contributed by atoms with Crippen LogP contribution < -0.4 is 9.64 Å². The standard InChI is InChI=1S/C17H24BrNO5/c1-11(20)15(18)16(22)19(10-14(21)24-17(2,3)4)12-6-8-13(23-5)9-7-12/h6-9,11,15,20H,10H2,1-5H3/t11-,15+/m1/s1. The third kappa shape index (κ3) is 6.13. The van der Waals surface area contributed by atoms with Crippen LogP contribution >= 0.6 is 15.9 Å². The highest BCUT2D eigenvalue weighted by molar-refractivity contribution is 9.10. The zero-order valence-electron chi connectivity index (χ0n) is 14.6. The van der Waals surface area contributed by atoms with Gasteiger partial charge >= 0.3 is 5.97 Å². The summed E-state index contributed by atoms with van der Waals surface area (Å²) < 4.78 is 10.4. The molecule has 0 bridgehead atoms. The second kappa shape index (κ2) is 8.48. The summed E-state index contributed by atoms with van der Waals surface area (Å²) in [6.45, 7) is 6.52. The fourth-order valence-electron chi connectivity index (χ4n) is 1.92. The van der Waals surface area contributed by atoms with E-state index in [0.717, 1.165) is 0 Å². The van der Waals surface area contributed by atoms with E-state index in [1.54, 1.807) is 52.1 Å². The Hall–Kier alpha value is -1.60. The van der Waals surface area contributed by atoms with Crippen LogP contribution in [0, 0.1) is 0 Å². The third-order valence-electron chi connectivity index (χ3n) is 3.02. The summed E-state index contributed by atoms with van der Waals surface area (Å²) in [7, 11) is 1.54. The molecule has 0 saturated heterocycles. The number of aliphatic hydroxyl groups excluding tert-OH is 1. The largest absolute Gasteiger partial charge is 0.497 e. The predicted octanol–water partition coefficient (Wildman–Crippen LogP) is 2.51. The Bertz CT molecular complexity index is 565. The molecule has 1 aromatic rings. The van der Waals surface area contributed by atoms with Gasteiger partial charge in [0.05, 0.1) is 13.2 Å². The lowest BCUT2D eigenvalue weighted by Gasteiger charge is -2.27. The topological polar surface area (TPSA) is 76.1 Å². The number of rotatable bonds is 6. The molecule has 6 nitrogen and oxygen atoms in total. The molecule has 1 aromatic carbocycles. The van der Waals surface area contributed by atoms with Crippen molar-refractivity contribution < 1.29 is 24.2 Å². The highest BCUT2D eigenvalue weighted by atomic mass is 79.9. The van der Waals surface area contributed by atoms with Crippen LogP contribution in [0.15, 0.2) is 24.3 Å². The molecule has 0 spiro atoms. The molecule has 1 rings (SSSR count). The Morgan fingerprint density at radius 2 is 1.79 bits per heavy atom. The molecule has 134 valence electrons. The van der Waals surface area contributed by atoms with Crippen molar-refractivity contribution in [2.24, 2.45) is 0 Å². The lowest BCUT2D eigenvalue weighted by atomic mass is 10.2. The highest BCUT2D eigenvalue weighted by Crippen LogP contribution is 2.22. The molecule has 0 aliphatic carbocycles. The van der Waals surface area contributed by atoms with Crippen molar-refractivity contribution in [3.8, 4) is 5.75 Å². The predicted molar refractivity (Wildman–Crippen MR) is 95.6 cm³/mol. The maximum atomic E-state index is 12.6. The Balaban J connectivity index is 3.06. The quantitative estimate of drug-likeness (QED) is 0.585. The van der Waals surface area contributed by atoms with E-state index in [1.807, 2.05) is 0 Å². The van der Waals surface area contributed by atoms with E-state index in [-0.39, 0.29) is 6.54 Å². The van der Waals surface area contributed by atoms with Crippen LogP contribution in [-0.4, -0.2) is 47.2 Å². The number of halogens is 1. The van der Waals surface area contributed by atoms with Gasteiger partial charge in [0.15, 0.2) is 0 Å². The third-order valence-corrected chi connectivity index (χ3v) is 4.17. The monoisotopic (exact) mass is 401 g/mol. The van der Waals surface area contributed by atoms with Gasteiger partial charge in [0.1, 0.15) is 22.7 Å². The second-order valence-corrected chi connectivity index (χ2v) is 7.34. The van der Waals surface area contributed by atoms with Crippen LogP contribution in [0.2, 0.25) is 0 Å². The number of esters is 1. The summed E-state index contributed by atoms with van der Waals surface area (Å²) in [5.74, 6) is -0.327. The summed E-state index contributed by atoms with van der Waals surface area (Å²) in [5.41, 5.74) is -0.138. The molecule has 2 atom stereocenters. The van der Waals surface area contributed by atoms with Gasteiger partial charge in [-0.25, -0.2) is 0 Å². The van der Waals surface area contributed by atoms with E-state index in [1.165, 1.54) is 11.8 Å². The number of alkyl halides is 1. The van der Waals surface area contributed by atoms with Crippen molar-refractivity contribution in [3.63, 3.8) is 0 Å². The molecule has 0 fully saturated rings. The first-order valence-electron chi connectivity index (χ1n) is 7.54. The molecule has 1 N–H and O–H groups in total. The van der Waals surface area contributed by atoms with E-state index < -0.39 is 28.4 Å². The van der Waals surface area contributed by atoms with Crippen LogP contribution in [0.25, 0.3) is 0 Å². The fraction of sp³-hybridized carbons (Fsp3) is 0.529. The number of aliphatic hydroxyl groups is 1. The van der Waals surface area contributed by atoms with Gasteiger partial charge in [-0.3, -0.25) is 9.59 Å². The summed E-state index contributed by atoms with van der Waals surface area (Å²) in [4.78, 5) is 25.2. The molecule has 0 aliphatic rings. The van der Waals surface area contributed by atoms with Gasteiger partial charge in [0.2, 0.25) is 5.91 Å². The number of nitrogens with zero attached hydrogens (tertiary/aromatic N) is 1. The number of hydrogen-bond donors (Lipinski definition) is 1. The van der Waals surface area contributed by atoms with Crippen molar-refractivity contribution in [2.45, 2.75) is 44.2 Å². The number of amides is 1. The Kier molecular flexibility index (Phi) is 7.23. The van der Waals surface area contributed by atoms with Crippen molar-refractivity contribution in [3.05, 3.63) is 24.3 Å². The number of carbonyl (C=O) groups excluding carboxylic acids is 2. The zero-order chi connectivity index (χ0) is 18.5. The van der Waals surface area contributed by atoms with Crippen LogP contribution in [0.4, 0.5) is 5.69 Å². The number of benzene rings is 1. The molecule has 0 radical (unpaired) electrons. The Labute approximate surface area is 150 Å². The summed E-state index contributed by atoms with van der Waals surface area (Å²) in [5, 5.41) is 9.66. The maximum Gasteiger partial charge on any atom is 0.326 e. The number of ether oxygens (including phenoxy) is 2. The minimum Gasteiger partial charge on any atom is -0.497 e. The molecule has 7 heteroatoms. The van der Waals surface area contributed by atoms with Gasteiger partial charge in [-0.15, -0.1) is 0 Å². The average molecular weight is 402 g/mol. The van der Waals surface area contributed by atoms with Gasteiger partial charge in [-0.05, 0) is 52.0 Å². The van der Waals surface area contributed by atoms with Crippen LogP contribution in [0.1, 0.15) is 27.7 Å². The molecule has 1 amide bonds. The number of hydrogen-bond acceptors (Lipinski definition) is 5. The van der Waals surface area contributed by atoms with Gasteiger partial charge < -0.3 is 19.5 Å². The van der Waals surface area contributed by atoms with E-state index in [4.69, 9.17) is 9.47 Å². The Morgan fingerprint density at radius 3 is 2.21 bits per heavy atom. The number of carbonyl (C=O) groups is 2. The first kappa shape index (κ1) is 20.4. The fourth-order valence-corrected chi connectivity index (χ4v) is 2.16. The summed E-state index contributed by atoms with van der Waals surface area (Å²) in [6.07, 6.45) is -0.906. The van der Waals surface area contributed by atoms with E-state index >= 15 is 0 Å². The van der Waals surface area contributed by atoms with Gasteiger partial charge in [0.25, 0.3) is 0 Å². The number of methoxy groups -OCH3 is 1. The lowest BCUT2D eigenvalue weighted by Crippen LogP contribution is -2.45. The zero-order valence-corrected chi connectivity index (χ0v) is 16.2. The highest BCUT2D eigenvalue weighted by Gasteiger charge is 2.30. The molecule has 0 heterocycles. The van der Waals surface area contributed by atoms with Gasteiger partial charge in [0, 0.05) is 5.69 Å². The van der Waals surface area contributed by atoms with E-state index in [9.17, 15) is 14.7 Å². The normalized spacial score (nSPS) is 13.8. The lowest BCUT2D eigenvalue weighted by molar-refractivity contribution is -0.153. The van der Waals surface area contributed by atoms with Crippen molar-refractivity contribution in [2.75, 3.05) is 18.6 Å². The van der Waals surface area contributed by atoms with Crippen molar-refractivity contribution in [1.29, 1.82) is 0 Å². The first-order chi connectivity index (χ1) is 11.0. The molecular formula is C17H24BrNO5. The van der Waals surface area contributed by atoms with Crippen LogP contribution in [0.3, 0.4) is 0 Å². The second-order valence-electron chi connectivity index (χ2n) is 6.35. The SMILES string of the molecule is COc1ccc(N(CC(=O)OC(C)(C)C)C(=O)[C@@H](Br)[C@@H](C)O)cc1. The van der Waals surface area contributed by atoms with Crippen molar-refractivity contribution in [1.82, 2.24) is 0 Å². The average Bonchev–Trinajstić information content (AvgIpc) is 2.49. The summed E-state index contributed by atoms with van der Waals surface area (Å²) >= 11 is 3.17. The maximum absolute atomic E-state index is 12.6. The molecule has 24 heavy (non-hydrogen) atoms. The minimum absolute atomic E-state index is 0.253. The van der Waals surface area contributed by atoms with Gasteiger partial charge in [-0.2, -0.15) is 0 Å². The molecule has 0 saturated carbocycles. The smallest absolute Gasteiger partial charge is 0.326 e. The van der Waals surface area contributed by atoms with Crippen LogP contribution in [0.5, 0.6) is 5.75 Å². The van der Waals surface area contributed by atoms with Crippen molar-refractivity contribution >= 4 is 33.5 Å². The van der Waals surface area contributed by atoms with Crippen LogP contribution in [-0.2, 0) is 14.3 Å². The number of anilines is 1. The summed E-state index contributed by atoms with van der Waals surface area (Å²) in [6, 6.07) is 6.72.